The molecule has 10 atom stereocenters. The maximum absolute atomic E-state index is 12.9. The summed E-state index contributed by atoms with van der Waals surface area (Å²) in [5.41, 5.74) is 45.4. The SMILES string of the molecule is CC(=O)O[C@@H]1[C@@H](N=[N+]=[N-])[C@@H](O[C@H]2[C@H](OC(=O)NCCCN=[N+]=[N-])[C@@H](OC(C)=O)[C@H](N=[N+]=[N-])C[C@@H]2N=[N+]=[N-])O[C@H](CN=[N+]=[N-])[C@H]1OC(C)=O. The lowest BCUT2D eigenvalue weighted by molar-refractivity contribution is -0.291. The summed E-state index contributed by atoms with van der Waals surface area (Å²) in [4.78, 5) is 62.7. The first kappa shape index (κ1) is 38.3. The lowest BCUT2D eigenvalue weighted by Crippen LogP contribution is -2.64. The van der Waals surface area contributed by atoms with E-state index in [0.717, 1.165) is 20.8 Å². The Bertz CT molecular complexity index is 1430. The Morgan fingerprint density at radius 3 is 1.83 bits per heavy atom. The second-order valence-corrected chi connectivity index (χ2v) is 9.86. The molecule has 0 spiro atoms. The van der Waals surface area contributed by atoms with Gasteiger partial charge in [-0.15, -0.1) is 0 Å². The molecule has 0 radical (unpaired) electrons. The van der Waals surface area contributed by atoms with Gasteiger partial charge in [0.15, 0.2) is 24.6 Å². The Labute approximate surface area is 269 Å². The molecule has 2 aliphatic rings. The van der Waals surface area contributed by atoms with Gasteiger partial charge in [-0.3, -0.25) is 14.4 Å². The highest BCUT2D eigenvalue weighted by atomic mass is 16.7. The monoisotopic (exact) mass is 678 g/mol. The van der Waals surface area contributed by atoms with E-state index in [0.29, 0.717) is 0 Å². The summed E-state index contributed by atoms with van der Waals surface area (Å²) in [6.45, 7) is 2.55. The number of hydrogen-bond donors (Lipinski definition) is 1. The first-order chi connectivity index (χ1) is 23.0. The number of nitrogens with one attached hydrogen (secondary N) is 1. The summed E-state index contributed by atoms with van der Waals surface area (Å²) in [6, 6.07) is -4.25. The van der Waals surface area contributed by atoms with E-state index >= 15 is 0 Å². The Morgan fingerprint density at radius 2 is 1.27 bits per heavy atom. The summed E-state index contributed by atoms with van der Waals surface area (Å²) in [5.74, 6) is -2.67. The van der Waals surface area contributed by atoms with Gasteiger partial charge in [-0.2, -0.15) is 0 Å². The zero-order valence-corrected chi connectivity index (χ0v) is 25.6. The Kier molecular flexibility index (Phi) is 15.7. The fourth-order valence-electron chi connectivity index (χ4n) is 4.95. The number of amides is 1. The number of nitrogens with zero attached hydrogens (tertiary/aromatic N) is 15. The predicted molar refractivity (Wildman–Crippen MR) is 155 cm³/mol. The van der Waals surface area contributed by atoms with E-state index < -0.39 is 91.6 Å². The molecule has 1 saturated carbocycles. The van der Waals surface area contributed by atoms with Crippen molar-refractivity contribution in [3.05, 3.63) is 52.2 Å². The molecule has 1 heterocycles. The molecule has 0 aromatic carbocycles. The number of rotatable bonds is 15. The molecule has 0 aromatic rings. The largest absolute Gasteiger partial charge is 0.458 e. The number of carbonyl (C=O) groups is 4. The summed E-state index contributed by atoms with van der Waals surface area (Å²) >= 11 is 0. The van der Waals surface area contributed by atoms with Crippen LogP contribution in [0.5, 0.6) is 0 Å². The highest BCUT2D eigenvalue weighted by molar-refractivity contribution is 5.68. The van der Waals surface area contributed by atoms with E-state index in [4.69, 9.17) is 39.5 Å². The first-order valence-corrected chi connectivity index (χ1v) is 13.9. The number of azide groups is 5. The fraction of sp³-hybridized carbons (Fsp3) is 0.818. The van der Waals surface area contributed by atoms with Crippen LogP contribution >= 0.6 is 0 Å². The predicted octanol–water partition coefficient (Wildman–Crippen LogP) is 3.44. The van der Waals surface area contributed by atoms with E-state index in [1.165, 1.54) is 0 Å². The zero-order valence-electron chi connectivity index (χ0n) is 25.6. The van der Waals surface area contributed by atoms with Gasteiger partial charge >= 0.3 is 24.0 Å². The smallest absolute Gasteiger partial charge is 0.407 e. The molecule has 2 fully saturated rings. The van der Waals surface area contributed by atoms with E-state index in [9.17, 15) is 35.8 Å². The van der Waals surface area contributed by atoms with Crippen LogP contribution in [-0.4, -0.2) is 105 Å². The van der Waals surface area contributed by atoms with Crippen LogP contribution in [0.3, 0.4) is 0 Å². The summed E-state index contributed by atoms with van der Waals surface area (Å²) < 4.78 is 33.6. The molecule has 1 amide bonds. The van der Waals surface area contributed by atoms with Crippen molar-refractivity contribution in [2.24, 2.45) is 25.6 Å². The third-order valence-electron chi connectivity index (χ3n) is 6.62. The minimum Gasteiger partial charge on any atom is -0.458 e. The molecular weight excluding hydrogens is 648 g/mol. The minimum absolute atomic E-state index is 0.0363. The van der Waals surface area contributed by atoms with E-state index in [1.807, 2.05) is 0 Å². The first-order valence-electron chi connectivity index (χ1n) is 13.9. The number of hydrogen-bond acceptors (Lipinski definition) is 15. The van der Waals surface area contributed by atoms with Crippen molar-refractivity contribution >= 4 is 24.0 Å². The van der Waals surface area contributed by atoms with Crippen LogP contribution in [0.1, 0.15) is 33.6 Å². The van der Waals surface area contributed by atoms with Gasteiger partial charge in [0.25, 0.3) is 0 Å². The molecule has 26 heteroatoms. The maximum atomic E-state index is 12.9. The van der Waals surface area contributed by atoms with Crippen LogP contribution in [0.15, 0.2) is 25.6 Å². The number of esters is 3. The second-order valence-electron chi connectivity index (χ2n) is 9.86. The van der Waals surface area contributed by atoms with Crippen LogP contribution in [-0.2, 0) is 42.8 Å². The van der Waals surface area contributed by atoms with E-state index in [1.54, 1.807) is 0 Å². The lowest BCUT2D eigenvalue weighted by atomic mass is 9.84. The van der Waals surface area contributed by atoms with Crippen molar-refractivity contribution in [1.82, 2.24) is 5.32 Å². The van der Waals surface area contributed by atoms with Crippen molar-refractivity contribution < 1.29 is 47.6 Å². The normalized spacial score (nSPS) is 28.9. The Balaban J connectivity index is 2.67. The molecule has 2 rings (SSSR count). The summed E-state index contributed by atoms with van der Waals surface area (Å²) in [6.07, 6.45) is -12.4. The van der Waals surface area contributed by atoms with Gasteiger partial charge in [-0.05, 0) is 40.5 Å². The van der Waals surface area contributed by atoms with Crippen molar-refractivity contribution in [3.8, 4) is 0 Å². The molecule has 258 valence electrons. The van der Waals surface area contributed by atoms with Crippen molar-refractivity contribution in [1.29, 1.82) is 0 Å². The Hall–Kier alpha value is -5.85. The fourth-order valence-corrected chi connectivity index (χ4v) is 4.95. The van der Waals surface area contributed by atoms with E-state index in [2.05, 4.69) is 55.4 Å². The summed E-state index contributed by atoms with van der Waals surface area (Å²) in [5, 5.41) is 20.1. The molecular formula is C22H30N16O10. The molecule has 1 aliphatic heterocycles. The van der Waals surface area contributed by atoms with Crippen LogP contribution in [0, 0.1) is 0 Å². The van der Waals surface area contributed by atoms with Crippen molar-refractivity contribution in [2.45, 2.75) is 94.7 Å². The van der Waals surface area contributed by atoms with E-state index in [-0.39, 0.29) is 25.9 Å². The van der Waals surface area contributed by atoms with Crippen LogP contribution < -0.4 is 5.32 Å². The number of ether oxygens (including phenoxy) is 6. The molecule has 26 nitrogen and oxygen atoms in total. The topological polar surface area (TPSA) is 379 Å². The summed E-state index contributed by atoms with van der Waals surface area (Å²) in [7, 11) is 0. The lowest BCUT2D eigenvalue weighted by Gasteiger charge is -2.47. The van der Waals surface area contributed by atoms with Crippen molar-refractivity contribution in [2.75, 3.05) is 19.6 Å². The highest BCUT2D eigenvalue weighted by Gasteiger charge is 2.55. The number of alkyl carbamates (subject to hydrolysis) is 1. The standard InChI is InChI=1S/C22H30N16O10/c1-9(39)43-16-12(31-36-25)7-13(32-37-26)17(20(16)48-22(42)28-5-4-6-29-34-23)47-21-15(33-38-27)19(45-11(3)41)18(44-10(2)40)14(46-21)8-30-35-24/h12-21H,4-8H2,1-3H3,(H,28,42)/t12-,13+,14-,15-,16+,17-,18-,19-,20-,21-/m1/s1. The quantitative estimate of drug-likeness (QED) is 0.0656. The maximum Gasteiger partial charge on any atom is 0.407 e. The van der Waals surface area contributed by atoms with Gasteiger partial charge in [0, 0.05) is 58.4 Å². The molecule has 0 bridgehead atoms. The minimum atomic E-state index is -1.79. The van der Waals surface area contributed by atoms with Crippen LogP contribution in [0.4, 0.5) is 4.79 Å². The number of carbonyl (C=O) groups excluding carboxylic acids is 4. The molecule has 0 unspecified atom stereocenters. The van der Waals surface area contributed by atoms with Gasteiger partial charge in [0.1, 0.15) is 24.4 Å². The Morgan fingerprint density at radius 1 is 0.708 bits per heavy atom. The van der Waals surface area contributed by atoms with Gasteiger partial charge in [0.2, 0.25) is 0 Å². The molecule has 1 aliphatic carbocycles. The third kappa shape index (κ3) is 11.2. The average Bonchev–Trinajstić information content (AvgIpc) is 3.01. The zero-order chi connectivity index (χ0) is 35.6. The molecule has 1 N–H and O–H groups in total. The molecule has 48 heavy (non-hydrogen) atoms. The second kappa shape index (κ2) is 19.6. The van der Waals surface area contributed by atoms with Gasteiger partial charge in [0.05, 0.1) is 18.6 Å². The molecule has 1 saturated heterocycles. The molecule has 0 aromatic heterocycles. The third-order valence-corrected chi connectivity index (χ3v) is 6.62. The van der Waals surface area contributed by atoms with Crippen molar-refractivity contribution in [3.63, 3.8) is 0 Å². The van der Waals surface area contributed by atoms with Crippen LogP contribution in [0.2, 0.25) is 0 Å². The van der Waals surface area contributed by atoms with Gasteiger partial charge in [-0.25, -0.2) is 4.79 Å². The van der Waals surface area contributed by atoms with Gasteiger partial charge < -0.3 is 33.7 Å². The van der Waals surface area contributed by atoms with Crippen LogP contribution in [0.25, 0.3) is 52.2 Å². The van der Waals surface area contributed by atoms with Gasteiger partial charge in [-0.1, -0.05) is 25.6 Å². The highest BCUT2D eigenvalue weighted by Crippen LogP contribution is 2.36. The average molecular weight is 679 g/mol.